The van der Waals surface area contributed by atoms with Gasteiger partial charge in [-0.05, 0) is 30.5 Å². The highest BCUT2D eigenvalue weighted by Gasteiger charge is 2.21. The molecule has 4 heteroatoms. The third-order valence-corrected chi connectivity index (χ3v) is 5.53. The molecule has 0 saturated carbocycles. The normalized spacial score (nSPS) is 17.5. The molecule has 0 saturated heterocycles. The first-order chi connectivity index (χ1) is 11.6. The summed E-state index contributed by atoms with van der Waals surface area (Å²) in [6.45, 7) is 6.41. The topological polar surface area (TPSA) is 36.4 Å². The van der Waals surface area contributed by atoms with Crippen LogP contribution in [0.4, 0.5) is 5.69 Å². The van der Waals surface area contributed by atoms with Gasteiger partial charge in [0.05, 0.1) is 0 Å². The number of hydrogen-bond donors (Lipinski definition) is 2. The molecule has 2 N–H and O–H groups in total. The van der Waals surface area contributed by atoms with Crippen molar-refractivity contribution in [3.8, 4) is 0 Å². The quantitative estimate of drug-likeness (QED) is 0.740. The SMILES string of the molecule is C/C(NC1=NC(c2ccccc2)Nc2ccccc21)=C(/Br)C(C)C. The minimum Gasteiger partial charge on any atom is -0.359 e. The second-order valence-corrected chi connectivity index (χ2v) is 7.09. The van der Waals surface area contributed by atoms with E-state index in [0.717, 1.165) is 32.8 Å². The summed E-state index contributed by atoms with van der Waals surface area (Å²) in [6, 6.07) is 18.6. The van der Waals surface area contributed by atoms with E-state index in [1.165, 1.54) is 0 Å². The maximum absolute atomic E-state index is 4.91. The Morgan fingerprint density at radius 1 is 1.08 bits per heavy atom. The van der Waals surface area contributed by atoms with Crippen molar-refractivity contribution in [2.24, 2.45) is 10.9 Å². The first-order valence-electron chi connectivity index (χ1n) is 8.18. The van der Waals surface area contributed by atoms with Gasteiger partial charge in [0.1, 0.15) is 12.0 Å². The van der Waals surface area contributed by atoms with Gasteiger partial charge < -0.3 is 10.6 Å². The van der Waals surface area contributed by atoms with Crippen LogP contribution in [0.3, 0.4) is 0 Å². The number of nitrogens with one attached hydrogen (secondary N) is 2. The van der Waals surface area contributed by atoms with Crippen molar-refractivity contribution < 1.29 is 0 Å². The lowest BCUT2D eigenvalue weighted by molar-refractivity contribution is 0.791. The van der Waals surface area contributed by atoms with Crippen LogP contribution in [0.15, 0.2) is 69.8 Å². The van der Waals surface area contributed by atoms with Crippen molar-refractivity contribution in [2.75, 3.05) is 5.32 Å². The van der Waals surface area contributed by atoms with E-state index < -0.39 is 0 Å². The standard InChI is InChI=1S/C20H22BrN3/c1-13(2)18(21)14(3)22-20-16-11-7-8-12-17(16)23-19(24-20)15-9-5-4-6-10-15/h4-13,19,23H,1-3H3,(H,22,24)/b18-14-. The molecule has 24 heavy (non-hydrogen) atoms. The Morgan fingerprint density at radius 3 is 2.46 bits per heavy atom. The molecule has 1 unspecified atom stereocenters. The summed E-state index contributed by atoms with van der Waals surface area (Å²) in [5.74, 6) is 1.33. The van der Waals surface area contributed by atoms with E-state index in [0.29, 0.717) is 5.92 Å². The number of fused-ring (bicyclic) bond motifs is 1. The second-order valence-electron chi connectivity index (χ2n) is 6.23. The minimum atomic E-state index is -0.0887. The fourth-order valence-electron chi connectivity index (χ4n) is 2.76. The Bertz CT molecular complexity index is 778. The highest BCUT2D eigenvalue weighted by atomic mass is 79.9. The van der Waals surface area contributed by atoms with Crippen molar-refractivity contribution in [2.45, 2.75) is 26.9 Å². The Morgan fingerprint density at radius 2 is 1.75 bits per heavy atom. The van der Waals surface area contributed by atoms with Crippen LogP contribution in [0.2, 0.25) is 0 Å². The van der Waals surface area contributed by atoms with Crippen molar-refractivity contribution in [1.82, 2.24) is 5.32 Å². The molecule has 1 aliphatic heterocycles. The Labute approximate surface area is 152 Å². The van der Waals surface area contributed by atoms with Crippen LogP contribution in [-0.4, -0.2) is 5.84 Å². The van der Waals surface area contributed by atoms with Gasteiger partial charge in [-0.15, -0.1) is 0 Å². The molecule has 1 atom stereocenters. The van der Waals surface area contributed by atoms with Crippen LogP contribution in [-0.2, 0) is 0 Å². The number of rotatable bonds is 3. The molecule has 0 fully saturated rings. The predicted molar refractivity (Wildman–Crippen MR) is 105 cm³/mol. The van der Waals surface area contributed by atoms with E-state index in [4.69, 9.17) is 4.99 Å². The average molecular weight is 384 g/mol. The Balaban J connectivity index is 2.00. The van der Waals surface area contributed by atoms with Crippen molar-refractivity contribution >= 4 is 27.5 Å². The molecule has 0 aliphatic carbocycles. The first kappa shape index (κ1) is 16.8. The lowest BCUT2D eigenvalue weighted by atomic mass is 10.1. The number of anilines is 1. The highest BCUT2D eigenvalue weighted by molar-refractivity contribution is 9.11. The van der Waals surface area contributed by atoms with Gasteiger partial charge in [-0.2, -0.15) is 0 Å². The van der Waals surface area contributed by atoms with E-state index in [1.807, 2.05) is 30.3 Å². The summed E-state index contributed by atoms with van der Waals surface area (Å²) >= 11 is 3.68. The zero-order valence-corrected chi connectivity index (χ0v) is 15.8. The van der Waals surface area contributed by atoms with E-state index in [9.17, 15) is 0 Å². The number of amidine groups is 1. The van der Waals surface area contributed by atoms with Crippen molar-refractivity contribution in [3.63, 3.8) is 0 Å². The van der Waals surface area contributed by atoms with E-state index in [1.54, 1.807) is 0 Å². The van der Waals surface area contributed by atoms with Gasteiger partial charge >= 0.3 is 0 Å². The van der Waals surface area contributed by atoms with Crippen LogP contribution < -0.4 is 10.6 Å². The van der Waals surface area contributed by atoms with Gasteiger partial charge in [0, 0.05) is 21.4 Å². The first-order valence-corrected chi connectivity index (χ1v) is 8.97. The lowest BCUT2D eigenvalue weighted by Gasteiger charge is -2.27. The lowest BCUT2D eigenvalue weighted by Crippen LogP contribution is -2.30. The molecule has 0 amide bonds. The van der Waals surface area contributed by atoms with E-state index in [2.05, 4.69) is 71.6 Å². The maximum atomic E-state index is 4.91. The molecule has 3 nitrogen and oxygen atoms in total. The molecule has 0 bridgehead atoms. The minimum absolute atomic E-state index is 0.0887. The number of nitrogens with zero attached hydrogens (tertiary/aromatic N) is 1. The molecule has 2 aromatic rings. The predicted octanol–water partition coefficient (Wildman–Crippen LogP) is 5.43. The van der Waals surface area contributed by atoms with Crippen LogP contribution in [0.5, 0.6) is 0 Å². The molecular formula is C20H22BrN3. The average Bonchev–Trinajstić information content (AvgIpc) is 2.61. The Hall–Kier alpha value is -2.07. The second kappa shape index (κ2) is 7.22. The zero-order chi connectivity index (χ0) is 17.1. The number of halogens is 1. The molecule has 0 aromatic heterocycles. The summed E-state index contributed by atoms with van der Waals surface area (Å²) < 4.78 is 1.16. The molecule has 3 rings (SSSR count). The van der Waals surface area contributed by atoms with Gasteiger partial charge in [-0.1, -0.05) is 72.2 Å². The van der Waals surface area contributed by atoms with Crippen LogP contribution in [0.1, 0.15) is 38.1 Å². The summed E-state index contributed by atoms with van der Waals surface area (Å²) in [4.78, 5) is 4.91. The molecule has 0 radical (unpaired) electrons. The molecule has 1 aliphatic rings. The van der Waals surface area contributed by atoms with Gasteiger partial charge in [0.25, 0.3) is 0 Å². The number of para-hydroxylation sites is 1. The summed E-state index contributed by atoms with van der Waals surface area (Å²) in [5.41, 5.74) is 4.42. The molecular weight excluding hydrogens is 362 g/mol. The van der Waals surface area contributed by atoms with E-state index >= 15 is 0 Å². The van der Waals surface area contributed by atoms with Gasteiger partial charge in [0.15, 0.2) is 0 Å². The molecule has 124 valence electrons. The van der Waals surface area contributed by atoms with Gasteiger partial charge in [-0.25, -0.2) is 4.99 Å². The van der Waals surface area contributed by atoms with Crippen LogP contribution in [0.25, 0.3) is 0 Å². The zero-order valence-electron chi connectivity index (χ0n) is 14.2. The molecule has 1 heterocycles. The monoisotopic (exact) mass is 383 g/mol. The number of hydrogen-bond acceptors (Lipinski definition) is 3. The summed E-state index contributed by atoms with van der Waals surface area (Å²) in [7, 11) is 0. The third-order valence-electron chi connectivity index (χ3n) is 4.02. The number of allylic oxidation sites excluding steroid dienone is 2. The largest absolute Gasteiger partial charge is 0.359 e. The van der Waals surface area contributed by atoms with E-state index in [-0.39, 0.29) is 6.17 Å². The summed E-state index contributed by atoms with van der Waals surface area (Å²) in [6.07, 6.45) is -0.0887. The smallest absolute Gasteiger partial charge is 0.147 e. The van der Waals surface area contributed by atoms with Crippen molar-refractivity contribution in [1.29, 1.82) is 0 Å². The number of aliphatic imine (C=N–C) groups is 1. The fourth-order valence-corrected chi connectivity index (χ4v) is 2.86. The highest BCUT2D eigenvalue weighted by Crippen LogP contribution is 2.30. The number of benzene rings is 2. The molecule has 0 spiro atoms. The third kappa shape index (κ3) is 3.54. The van der Waals surface area contributed by atoms with Crippen LogP contribution >= 0.6 is 15.9 Å². The fraction of sp³-hybridized carbons (Fsp3) is 0.250. The van der Waals surface area contributed by atoms with Gasteiger partial charge in [-0.3, -0.25) is 0 Å². The van der Waals surface area contributed by atoms with Crippen molar-refractivity contribution in [3.05, 3.63) is 75.9 Å². The molecule has 2 aromatic carbocycles. The maximum Gasteiger partial charge on any atom is 0.147 e. The Kier molecular flexibility index (Phi) is 5.05. The van der Waals surface area contributed by atoms with Crippen LogP contribution in [0, 0.1) is 5.92 Å². The van der Waals surface area contributed by atoms with Gasteiger partial charge in [0.2, 0.25) is 0 Å². The summed E-state index contributed by atoms with van der Waals surface area (Å²) in [5, 5.41) is 7.01.